The first-order chi connectivity index (χ1) is 7.96. The van der Waals surface area contributed by atoms with Gasteiger partial charge in [0.05, 0.1) is 0 Å². The van der Waals surface area contributed by atoms with Crippen LogP contribution in [0.2, 0.25) is 0 Å². The van der Waals surface area contributed by atoms with Gasteiger partial charge in [-0.1, -0.05) is 38.1 Å². The van der Waals surface area contributed by atoms with E-state index >= 15 is 0 Å². The summed E-state index contributed by atoms with van der Waals surface area (Å²) in [6, 6.07) is 8.85. The van der Waals surface area contributed by atoms with Crippen LogP contribution in [-0.2, 0) is 0 Å². The van der Waals surface area contributed by atoms with Crippen molar-refractivity contribution in [1.29, 1.82) is 0 Å². The van der Waals surface area contributed by atoms with Gasteiger partial charge in [-0.05, 0) is 35.8 Å². The van der Waals surface area contributed by atoms with Crippen LogP contribution in [0, 0.1) is 10.8 Å². The topological polar surface area (TPSA) is 0 Å². The van der Waals surface area contributed by atoms with Gasteiger partial charge in [0, 0.05) is 10.8 Å². The number of fused-ring (bicyclic) bond motifs is 3. The van der Waals surface area contributed by atoms with Gasteiger partial charge in [0.15, 0.2) is 0 Å². The van der Waals surface area contributed by atoms with Crippen molar-refractivity contribution in [3.63, 3.8) is 0 Å². The zero-order chi connectivity index (χ0) is 12.1. The second-order valence-corrected chi connectivity index (χ2v) is 7.71. The number of alkyl halides is 2. The van der Waals surface area contributed by atoms with E-state index in [4.69, 9.17) is 23.2 Å². The Balaban J connectivity index is 1.97. The van der Waals surface area contributed by atoms with Crippen molar-refractivity contribution in [2.45, 2.75) is 42.9 Å². The summed E-state index contributed by atoms with van der Waals surface area (Å²) < 4.78 is -0.551. The van der Waals surface area contributed by atoms with Gasteiger partial charge < -0.3 is 0 Å². The van der Waals surface area contributed by atoms with E-state index in [2.05, 4.69) is 38.1 Å². The Bertz CT molecular complexity index is 468. The summed E-state index contributed by atoms with van der Waals surface area (Å²) in [5, 5.41) is 0. The Morgan fingerprint density at radius 2 is 1.41 bits per heavy atom. The quantitative estimate of drug-likeness (QED) is 0.589. The van der Waals surface area contributed by atoms with Gasteiger partial charge >= 0.3 is 0 Å². The molecule has 1 unspecified atom stereocenters. The first-order valence-corrected chi connectivity index (χ1v) is 7.18. The summed E-state index contributed by atoms with van der Waals surface area (Å²) >= 11 is 13.4. The highest BCUT2D eigenvalue weighted by molar-refractivity contribution is 6.52. The van der Waals surface area contributed by atoms with E-state index < -0.39 is 4.33 Å². The molecule has 2 heteroatoms. The molecule has 0 aliphatic heterocycles. The lowest BCUT2D eigenvalue weighted by Crippen LogP contribution is -2.14. The van der Waals surface area contributed by atoms with Gasteiger partial charge in [0.25, 0.3) is 0 Å². The Hall–Kier alpha value is -0.200. The molecule has 2 bridgehead atoms. The van der Waals surface area contributed by atoms with Gasteiger partial charge in [-0.3, -0.25) is 0 Å². The molecule has 1 spiro atoms. The fourth-order valence-corrected chi connectivity index (χ4v) is 6.34. The Labute approximate surface area is 112 Å². The fourth-order valence-electron chi connectivity index (χ4n) is 5.12. The molecule has 1 aromatic carbocycles. The van der Waals surface area contributed by atoms with Crippen LogP contribution in [0.15, 0.2) is 24.3 Å². The molecule has 0 saturated heterocycles. The second kappa shape index (κ2) is 2.70. The third kappa shape index (κ3) is 0.814. The summed E-state index contributed by atoms with van der Waals surface area (Å²) in [6.07, 6.45) is 2.51. The molecule has 0 heterocycles. The number of hydrogen-bond donors (Lipinski definition) is 0. The average Bonchev–Trinajstić information content (AvgIpc) is 2.70. The summed E-state index contributed by atoms with van der Waals surface area (Å²) in [5.41, 5.74) is 3.17. The van der Waals surface area contributed by atoms with Crippen molar-refractivity contribution in [2.24, 2.45) is 10.8 Å². The highest BCUT2D eigenvalue weighted by atomic mass is 35.5. The van der Waals surface area contributed by atoms with Crippen LogP contribution >= 0.6 is 23.2 Å². The highest BCUT2D eigenvalue weighted by Gasteiger charge is 2.89. The second-order valence-electron chi connectivity index (χ2n) is 6.38. The molecule has 3 aliphatic rings. The molecular weight excluding hydrogens is 251 g/mol. The maximum atomic E-state index is 6.68. The van der Waals surface area contributed by atoms with Crippen LogP contribution in [0.4, 0.5) is 0 Å². The van der Waals surface area contributed by atoms with E-state index in [-0.39, 0.29) is 10.8 Å². The Morgan fingerprint density at radius 1 is 1.00 bits per heavy atom. The normalized spacial score (nSPS) is 42.8. The zero-order valence-electron chi connectivity index (χ0n) is 10.1. The van der Waals surface area contributed by atoms with E-state index in [0.717, 1.165) is 0 Å². The Morgan fingerprint density at radius 3 is 1.76 bits per heavy atom. The van der Waals surface area contributed by atoms with Crippen LogP contribution < -0.4 is 0 Å². The van der Waals surface area contributed by atoms with Gasteiger partial charge in [-0.25, -0.2) is 0 Å². The van der Waals surface area contributed by atoms with Crippen molar-refractivity contribution in [3.8, 4) is 0 Å². The number of hydrogen-bond acceptors (Lipinski definition) is 0. The van der Waals surface area contributed by atoms with Crippen molar-refractivity contribution in [1.82, 2.24) is 0 Å². The third-order valence-corrected chi connectivity index (χ3v) is 7.44. The highest BCUT2D eigenvalue weighted by Crippen LogP contribution is 2.91. The smallest absolute Gasteiger partial charge is 0.100 e. The first-order valence-electron chi connectivity index (χ1n) is 6.43. The molecule has 17 heavy (non-hydrogen) atoms. The first kappa shape index (κ1) is 10.7. The predicted molar refractivity (Wildman–Crippen MR) is 71.8 cm³/mol. The molecule has 0 nitrogen and oxygen atoms in total. The van der Waals surface area contributed by atoms with E-state index in [1.165, 1.54) is 24.0 Å². The SMILES string of the molecule is CC1(C)C(Cl)(Cl)C12[C@@H]1CC[C@H]2c2ccccc21. The van der Waals surface area contributed by atoms with E-state index in [1.54, 1.807) is 0 Å². The molecule has 0 radical (unpaired) electrons. The fraction of sp³-hybridized carbons (Fsp3) is 0.600. The minimum absolute atomic E-state index is 0.0357. The summed E-state index contributed by atoms with van der Waals surface area (Å²) in [7, 11) is 0. The van der Waals surface area contributed by atoms with Crippen LogP contribution in [0.1, 0.15) is 49.7 Å². The molecule has 2 saturated carbocycles. The standard InChI is InChI=1S/C15H16Cl2/c1-13(2)14(15(13,16)17)11-7-8-12(14)10-6-4-3-5-9(10)11/h3-6,11-12H,7-8H2,1-2H3/t11-,12+,14?. The largest absolute Gasteiger partial charge is 0.131 e. The molecule has 3 aliphatic carbocycles. The predicted octanol–water partition coefficient (Wildman–Crippen LogP) is 4.86. The van der Waals surface area contributed by atoms with Crippen LogP contribution in [0.25, 0.3) is 0 Å². The van der Waals surface area contributed by atoms with Gasteiger partial charge in [0.2, 0.25) is 0 Å². The van der Waals surface area contributed by atoms with Crippen LogP contribution in [0.3, 0.4) is 0 Å². The van der Waals surface area contributed by atoms with Crippen molar-refractivity contribution in [3.05, 3.63) is 35.4 Å². The Kier molecular flexibility index (Phi) is 1.70. The molecule has 0 N–H and O–H groups in total. The number of rotatable bonds is 0. The summed E-state index contributed by atoms with van der Waals surface area (Å²) in [5.74, 6) is 1.15. The van der Waals surface area contributed by atoms with Gasteiger partial charge in [0.1, 0.15) is 4.33 Å². The molecule has 4 rings (SSSR count). The van der Waals surface area contributed by atoms with Gasteiger partial charge in [-0.15, -0.1) is 23.2 Å². The molecule has 90 valence electrons. The van der Waals surface area contributed by atoms with Crippen LogP contribution in [-0.4, -0.2) is 4.33 Å². The van der Waals surface area contributed by atoms with Crippen molar-refractivity contribution in [2.75, 3.05) is 0 Å². The van der Waals surface area contributed by atoms with E-state index in [1.807, 2.05) is 0 Å². The molecule has 1 aromatic rings. The number of benzene rings is 1. The molecule has 0 amide bonds. The number of halogens is 2. The monoisotopic (exact) mass is 266 g/mol. The van der Waals surface area contributed by atoms with Crippen LogP contribution in [0.5, 0.6) is 0 Å². The molecule has 3 atom stereocenters. The lowest BCUT2D eigenvalue weighted by molar-refractivity contribution is 0.346. The minimum atomic E-state index is -0.551. The van der Waals surface area contributed by atoms with Gasteiger partial charge in [-0.2, -0.15) is 0 Å². The average molecular weight is 267 g/mol. The molecule has 0 aromatic heterocycles. The van der Waals surface area contributed by atoms with Crippen molar-refractivity contribution >= 4 is 23.2 Å². The minimum Gasteiger partial charge on any atom is -0.100 e. The maximum Gasteiger partial charge on any atom is 0.131 e. The van der Waals surface area contributed by atoms with Crippen molar-refractivity contribution < 1.29 is 0 Å². The van der Waals surface area contributed by atoms with E-state index in [0.29, 0.717) is 11.8 Å². The lowest BCUT2D eigenvalue weighted by atomic mass is 9.84. The third-order valence-electron chi connectivity index (χ3n) is 5.87. The van der Waals surface area contributed by atoms with E-state index in [9.17, 15) is 0 Å². The molecule has 2 fully saturated rings. The summed E-state index contributed by atoms with van der Waals surface area (Å²) in [4.78, 5) is 0. The molecular formula is C15H16Cl2. The zero-order valence-corrected chi connectivity index (χ0v) is 11.6. The lowest BCUT2D eigenvalue weighted by Gasteiger charge is -2.19. The summed E-state index contributed by atoms with van der Waals surface area (Å²) in [6.45, 7) is 4.48. The maximum absolute atomic E-state index is 6.68.